The van der Waals surface area contributed by atoms with Crippen molar-refractivity contribution in [2.45, 2.75) is 44.5 Å². The molecule has 90 valence electrons. The molecule has 1 aromatic rings. The highest BCUT2D eigenvalue weighted by Gasteiger charge is 2.38. The van der Waals surface area contributed by atoms with Crippen molar-refractivity contribution < 1.29 is 14.6 Å². The molecule has 3 rings (SSSR count). The average molecular weight is 232 g/mol. The number of hydrogen-bond acceptors (Lipinski definition) is 3. The van der Waals surface area contributed by atoms with Gasteiger partial charge in [0.25, 0.3) is 0 Å². The Bertz CT molecular complexity index is 485. The van der Waals surface area contributed by atoms with Gasteiger partial charge in [-0.15, -0.1) is 0 Å². The van der Waals surface area contributed by atoms with Gasteiger partial charge in [0.2, 0.25) is 0 Å². The van der Waals surface area contributed by atoms with Crippen LogP contribution in [0.2, 0.25) is 0 Å². The Labute approximate surface area is 100 Å². The van der Waals surface area contributed by atoms with Gasteiger partial charge in [-0.25, -0.2) is 0 Å². The lowest BCUT2D eigenvalue weighted by Crippen LogP contribution is -2.31. The highest BCUT2D eigenvalue weighted by molar-refractivity contribution is 6.02. The van der Waals surface area contributed by atoms with Crippen molar-refractivity contribution in [1.29, 1.82) is 0 Å². The van der Waals surface area contributed by atoms with Crippen LogP contribution in [-0.4, -0.2) is 16.5 Å². The number of Topliss-reactive ketones (excluding diaryl/α,β-unsaturated/α-hetero) is 1. The maximum Gasteiger partial charge on any atom is 0.193 e. The first-order valence-electron chi connectivity index (χ1n) is 6.03. The molecule has 17 heavy (non-hydrogen) atoms. The summed E-state index contributed by atoms with van der Waals surface area (Å²) in [5.41, 5.74) is 1.62. The Kier molecular flexibility index (Phi) is 2.19. The first-order chi connectivity index (χ1) is 7.97. The van der Waals surface area contributed by atoms with Gasteiger partial charge < -0.3 is 9.84 Å². The lowest BCUT2D eigenvalue weighted by Gasteiger charge is -2.17. The normalized spacial score (nSPS) is 26.1. The van der Waals surface area contributed by atoms with E-state index < -0.39 is 5.60 Å². The smallest absolute Gasteiger partial charge is 0.193 e. The minimum Gasteiger partial charge on any atom is -0.382 e. The first-order valence-corrected chi connectivity index (χ1v) is 6.03. The third kappa shape index (κ3) is 1.61. The van der Waals surface area contributed by atoms with Gasteiger partial charge in [0.1, 0.15) is 5.60 Å². The van der Waals surface area contributed by atoms with E-state index in [0.717, 1.165) is 18.4 Å². The van der Waals surface area contributed by atoms with E-state index in [9.17, 15) is 9.90 Å². The Balaban J connectivity index is 2.01. The fraction of sp³-hybridized carbons (Fsp3) is 0.500. The van der Waals surface area contributed by atoms with Crippen molar-refractivity contribution in [2.24, 2.45) is 0 Å². The molecule has 2 aliphatic rings. The van der Waals surface area contributed by atoms with Crippen LogP contribution in [0.3, 0.4) is 0 Å². The lowest BCUT2D eigenvalue weighted by atomic mass is 9.87. The molecule has 3 heteroatoms. The third-order valence-electron chi connectivity index (χ3n) is 3.62. The van der Waals surface area contributed by atoms with Crippen molar-refractivity contribution in [3.63, 3.8) is 0 Å². The quantitative estimate of drug-likeness (QED) is 0.797. The summed E-state index contributed by atoms with van der Waals surface area (Å²) in [5.74, 6) is -0.233. The maximum absolute atomic E-state index is 12.0. The second-order valence-corrected chi connectivity index (χ2v) is 5.42. The summed E-state index contributed by atoms with van der Waals surface area (Å²) >= 11 is 0. The molecule has 1 saturated heterocycles. The molecule has 2 atom stereocenters. The molecule has 0 spiro atoms. The van der Waals surface area contributed by atoms with Gasteiger partial charge in [-0.2, -0.15) is 0 Å². The second kappa shape index (κ2) is 3.40. The molecule has 2 bridgehead atoms. The zero-order valence-electron chi connectivity index (χ0n) is 10.1. The predicted molar refractivity (Wildman–Crippen MR) is 62.9 cm³/mol. The van der Waals surface area contributed by atoms with Crippen LogP contribution in [-0.2, 0) is 4.74 Å². The fourth-order valence-corrected chi connectivity index (χ4v) is 2.74. The van der Waals surface area contributed by atoms with Crippen molar-refractivity contribution in [3.05, 3.63) is 34.9 Å². The van der Waals surface area contributed by atoms with Crippen molar-refractivity contribution in [3.8, 4) is 0 Å². The van der Waals surface area contributed by atoms with Crippen molar-refractivity contribution >= 4 is 5.78 Å². The van der Waals surface area contributed by atoms with E-state index in [0.29, 0.717) is 5.56 Å². The van der Waals surface area contributed by atoms with Crippen LogP contribution in [0.4, 0.5) is 0 Å². The number of carbonyl (C=O) groups excluding carboxylic acids is 1. The molecule has 0 amide bonds. The van der Waals surface area contributed by atoms with Crippen LogP contribution in [0, 0.1) is 0 Å². The number of aliphatic hydroxyl groups is 1. The molecule has 0 radical (unpaired) electrons. The van der Waals surface area contributed by atoms with E-state index in [1.54, 1.807) is 6.07 Å². The first kappa shape index (κ1) is 10.9. The predicted octanol–water partition coefficient (Wildman–Crippen LogP) is 2.55. The highest BCUT2D eigenvalue weighted by atomic mass is 16.5. The van der Waals surface area contributed by atoms with E-state index >= 15 is 0 Å². The van der Waals surface area contributed by atoms with Gasteiger partial charge >= 0.3 is 0 Å². The molecule has 0 saturated carbocycles. The molecule has 1 N–H and O–H groups in total. The monoisotopic (exact) mass is 232 g/mol. The molecule has 1 fully saturated rings. The standard InChI is InChI=1S/C14H16O3/c1-14(2,16)13(15)8-3-4-9-10(7-8)12-6-5-11(9)17-12/h3-4,7,11-12,16H,5-6H2,1-2H3. The largest absolute Gasteiger partial charge is 0.382 e. The average Bonchev–Trinajstić information content (AvgIpc) is 2.87. The highest BCUT2D eigenvalue weighted by Crippen LogP contribution is 2.50. The van der Waals surface area contributed by atoms with Crippen molar-refractivity contribution in [1.82, 2.24) is 0 Å². The molecule has 2 heterocycles. The number of ketones is 1. The summed E-state index contributed by atoms with van der Waals surface area (Å²) in [6.07, 6.45) is 2.50. The molecular formula is C14H16O3. The topological polar surface area (TPSA) is 46.5 Å². The summed E-state index contributed by atoms with van der Waals surface area (Å²) in [6, 6.07) is 5.65. The van der Waals surface area contributed by atoms with E-state index in [4.69, 9.17) is 4.74 Å². The van der Waals surface area contributed by atoms with E-state index in [2.05, 4.69) is 0 Å². The van der Waals surface area contributed by atoms with Crippen LogP contribution >= 0.6 is 0 Å². The van der Waals surface area contributed by atoms with Gasteiger partial charge in [-0.05, 0) is 43.9 Å². The Morgan fingerprint density at radius 3 is 2.59 bits per heavy atom. The lowest BCUT2D eigenvalue weighted by molar-refractivity contribution is 0.0487. The summed E-state index contributed by atoms with van der Waals surface area (Å²) in [7, 11) is 0. The van der Waals surface area contributed by atoms with E-state index in [1.165, 1.54) is 19.4 Å². The van der Waals surface area contributed by atoms with Crippen LogP contribution < -0.4 is 0 Å². The molecule has 0 aromatic heterocycles. The number of ether oxygens (including phenoxy) is 1. The van der Waals surface area contributed by atoms with E-state index in [-0.39, 0.29) is 18.0 Å². The third-order valence-corrected chi connectivity index (χ3v) is 3.62. The Morgan fingerprint density at radius 1 is 1.29 bits per heavy atom. The summed E-state index contributed by atoms with van der Waals surface area (Å²) in [6.45, 7) is 3.04. The molecular weight excluding hydrogens is 216 g/mol. The maximum atomic E-state index is 12.0. The van der Waals surface area contributed by atoms with E-state index in [1.807, 2.05) is 12.1 Å². The van der Waals surface area contributed by atoms with Crippen molar-refractivity contribution in [2.75, 3.05) is 0 Å². The minimum absolute atomic E-state index is 0.157. The van der Waals surface area contributed by atoms with Gasteiger partial charge in [0.15, 0.2) is 5.78 Å². The van der Waals surface area contributed by atoms with Crippen LogP contribution in [0.15, 0.2) is 18.2 Å². The summed E-state index contributed by atoms with van der Waals surface area (Å²) < 4.78 is 5.79. The molecule has 0 aliphatic carbocycles. The number of rotatable bonds is 2. The fourth-order valence-electron chi connectivity index (χ4n) is 2.74. The number of fused-ring (bicyclic) bond motifs is 5. The second-order valence-electron chi connectivity index (χ2n) is 5.42. The molecule has 3 nitrogen and oxygen atoms in total. The van der Waals surface area contributed by atoms with Crippen LogP contribution in [0.25, 0.3) is 0 Å². The molecule has 2 unspecified atom stereocenters. The Morgan fingerprint density at radius 2 is 1.94 bits per heavy atom. The molecule has 2 aliphatic heterocycles. The molecule has 1 aromatic carbocycles. The SMILES string of the molecule is CC(C)(O)C(=O)c1ccc2c(c1)C1CCC2O1. The minimum atomic E-state index is -1.31. The van der Waals surface area contributed by atoms with Gasteiger partial charge in [0.05, 0.1) is 12.2 Å². The van der Waals surface area contributed by atoms with Crippen LogP contribution in [0.5, 0.6) is 0 Å². The number of hydrogen-bond donors (Lipinski definition) is 1. The Hall–Kier alpha value is -1.19. The zero-order valence-corrected chi connectivity index (χ0v) is 10.1. The summed E-state index contributed by atoms with van der Waals surface area (Å²) in [5, 5.41) is 9.74. The zero-order chi connectivity index (χ0) is 12.2. The van der Waals surface area contributed by atoms with Gasteiger partial charge in [0, 0.05) is 5.56 Å². The summed E-state index contributed by atoms with van der Waals surface area (Å²) in [4.78, 5) is 12.0. The number of carbonyl (C=O) groups is 1. The number of benzene rings is 1. The van der Waals surface area contributed by atoms with Gasteiger partial charge in [-0.3, -0.25) is 4.79 Å². The van der Waals surface area contributed by atoms with Gasteiger partial charge in [-0.1, -0.05) is 12.1 Å². The van der Waals surface area contributed by atoms with Crippen LogP contribution in [0.1, 0.15) is 60.4 Å².